The van der Waals surface area contributed by atoms with Crippen LogP contribution in [0.4, 0.5) is 0 Å². The Hall–Kier alpha value is -2.04. The van der Waals surface area contributed by atoms with E-state index in [2.05, 4.69) is 17.5 Å². The molecule has 5 heteroatoms. The predicted octanol–water partition coefficient (Wildman–Crippen LogP) is 2.34. The Morgan fingerprint density at radius 1 is 1.25 bits per heavy atom. The van der Waals surface area contributed by atoms with Gasteiger partial charge in [-0.05, 0) is 31.5 Å². The molecule has 1 atom stereocenters. The van der Waals surface area contributed by atoms with Crippen LogP contribution in [0.2, 0.25) is 0 Å². The van der Waals surface area contributed by atoms with E-state index in [9.17, 15) is 4.79 Å². The van der Waals surface area contributed by atoms with Gasteiger partial charge in [0.25, 0.3) is 5.91 Å². The molecule has 0 saturated heterocycles. The number of rotatable bonds is 5. The summed E-state index contributed by atoms with van der Waals surface area (Å²) in [6.45, 7) is 3.98. The summed E-state index contributed by atoms with van der Waals surface area (Å²) in [6, 6.07) is 5.58. The molecule has 5 nitrogen and oxygen atoms in total. The monoisotopic (exact) mass is 276 g/mol. The van der Waals surface area contributed by atoms with Crippen LogP contribution in [-0.4, -0.2) is 25.8 Å². The number of carbonyl (C=O) groups excluding carboxylic acids is 1. The zero-order chi connectivity index (χ0) is 14.8. The highest BCUT2D eigenvalue weighted by Crippen LogP contribution is 2.35. The Balaban J connectivity index is 2.43. The summed E-state index contributed by atoms with van der Waals surface area (Å²) >= 11 is 0. The van der Waals surface area contributed by atoms with Crippen LogP contribution in [0.15, 0.2) is 23.3 Å². The SMILES string of the molecule is CCCC1(C)C(=O)NN=C1c1ccc(OC)c(OC)c1. The minimum atomic E-state index is -0.589. The topological polar surface area (TPSA) is 59.9 Å². The molecule has 1 N–H and O–H groups in total. The Kier molecular flexibility index (Phi) is 3.97. The molecule has 0 radical (unpaired) electrons. The van der Waals surface area contributed by atoms with Crippen LogP contribution in [0, 0.1) is 5.41 Å². The first kappa shape index (κ1) is 14.4. The summed E-state index contributed by atoms with van der Waals surface area (Å²) in [6.07, 6.45) is 1.67. The normalized spacial score (nSPS) is 21.4. The lowest BCUT2D eigenvalue weighted by Crippen LogP contribution is -2.35. The van der Waals surface area contributed by atoms with Crippen molar-refractivity contribution in [2.75, 3.05) is 14.2 Å². The van der Waals surface area contributed by atoms with Crippen LogP contribution in [0.1, 0.15) is 32.3 Å². The molecule has 1 amide bonds. The van der Waals surface area contributed by atoms with E-state index in [-0.39, 0.29) is 5.91 Å². The van der Waals surface area contributed by atoms with Gasteiger partial charge < -0.3 is 9.47 Å². The third-order valence-electron chi connectivity index (χ3n) is 3.70. The maximum atomic E-state index is 12.1. The molecule has 0 aromatic heterocycles. The van der Waals surface area contributed by atoms with Gasteiger partial charge in [0.05, 0.1) is 25.3 Å². The van der Waals surface area contributed by atoms with Crippen molar-refractivity contribution in [1.29, 1.82) is 0 Å². The molecule has 108 valence electrons. The molecule has 1 heterocycles. The van der Waals surface area contributed by atoms with Crippen molar-refractivity contribution in [1.82, 2.24) is 5.43 Å². The van der Waals surface area contributed by atoms with E-state index in [1.54, 1.807) is 14.2 Å². The van der Waals surface area contributed by atoms with Crippen LogP contribution in [0.3, 0.4) is 0 Å². The molecule has 0 saturated carbocycles. The number of hydrogen-bond acceptors (Lipinski definition) is 4. The number of nitrogens with zero attached hydrogens (tertiary/aromatic N) is 1. The number of methoxy groups -OCH3 is 2. The summed E-state index contributed by atoms with van der Waals surface area (Å²) in [4.78, 5) is 12.1. The van der Waals surface area contributed by atoms with Crippen molar-refractivity contribution in [2.24, 2.45) is 10.5 Å². The van der Waals surface area contributed by atoms with Crippen LogP contribution < -0.4 is 14.9 Å². The van der Waals surface area contributed by atoms with Crippen LogP contribution in [-0.2, 0) is 4.79 Å². The van der Waals surface area contributed by atoms with E-state index in [4.69, 9.17) is 9.47 Å². The molecule has 1 aliphatic rings. The van der Waals surface area contributed by atoms with E-state index in [0.29, 0.717) is 11.5 Å². The van der Waals surface area contributed by atoms with Gasteiger partial charge >= 0.3 is 0 Å². The molecule has 0 fully saturated rings. The van der Waals surface area contributed by atoms with Crippen molar-refractivity contribution in [2.45, 2.75) is 26.7 Å². The molecule has 0 spiro atoms. The lowest BCUT2D eigenvalue weighted by Gasteiger charge is -2.22. The van der Waals surface area contributed by atoms with E-state index in [1.807, 2.05) is 25.1 Å². The van der Waals surface area contributed by atoms with Gasteiger partial charge in [-0.15, -0.1) is 0 Å². The fraction of sp³-hybridized carbons (Fsp3) is 0.467. The third-order valence-corrected chi connectivity index (χ3v) is 3.70. The quantitative estimate of drug-likeness (QED) is 0.898. The molecule has 2 rings (SSSR count). The first-order chi connectivity index (χ1) is 9.56. The van der Waals surface area contributed by atoms with Gasteiger partial charge in [-0.2, -0.15) is 5.10 Å². The molecular weight excluding hydrogens is 256 g/mol. The lowest BCUT2D eigenvalue weighted by molar-refractivity contribution is -0.125. The lowest BCUT2D eigenvalue weighted by atomic mass is 9.78. The highest BCUT2D eigenvalue weighted by Gasteiger charge is 2.43. The van der Waals surface area contributed by atoms with Crippen molar-refractivity contribution >= 4 is 11.6 Å². The van der Waals surface area contributed by atoms with Crippen molar-refractivity contribution in [3.63, 3.8) is 0 Å². The molecule has 1 aliphatic heterocycles. The van der Waals surface area contributed by atoms with Gasteiger partial charge in [-0.25, -0.2) is 5.43 Å². The van der Waals surface area contributed by atoms with Crippen molar-refractivity contribution in [3.05, 3.63) is 23.8 Å². The minimum absolute atomic E-state index is 0.0517. The van der Waals surface area contributed by atoms with Gasteiger partial charge in [-0.1, -0.05) is 13.3 Å². The van der Waals surface area contributed by atoms with E-state index in [0.717, 1.165) is 24.1 Å². The largest absolute Gasteiger partial charge is 0.493 e. The first-order valence-corrected chi connectivity index (χ1v) is 6.67. The van der Waals surface area contributed by atoms with Gasteiger partial charge in [-0.3, -0.25) is 4.79 Å². The Morgan fingerprint density at radius 2 is 1.95 bits per heavy atom. The second kappa shape index (κ2) is 5.53. The molecule has 1 unspecified atom stereocenters. The van der Waals surface area contributed by atoms with Gasteiger partial charge in [0.2, 0.25) is 0 Å². The van der Waals surface area contributed by atoms with Crippen molar-refractivity contribution in [3.8, 4) is 11.5 Å². The minimum Gasteiger partial charge on any atom is -0.493 e. The molecule has 1 aromatic carbocycles. The Morgan fingerprint density at radius 3 is 2.55 bits per heavy atom. The summed E-state index contributed by atoms with van der Waals surface area (Å²) in [5.41, 5.74) is 3.62. The number of hydrogen-bond donors (Lipinski definition) is 1. The Labute approximate surface area is 119 Å². The summed E-state index contributed by atoms with van der Waals surface area (Å²) in [7, 11) is 3.18. The van der Waals surface area contributed by atoms with Crippen LogP contribution >= 0.6 is 0 Å². The molecule has 1 aromatic rings. The second-order valence-corrected chi connectivity index (χ2v) is 5.05. The number of benzene rings is 1. The number of nitrogens with one attached hydrogen (secondary N) is 1. The van der Waals surface area contributed by atoms with E-state index < -0.39 is 5.41 Å². The number of ether oxygens (including phenoxy) is 2. The van der Waals surface area contributed by atoms with E-state index >= 15 is 0 Å². The van der Waals surface area contributed by atoms with Gasteiger partial charge in [0, 0.05) is 5.56 Å². The highest BCUT2D eigenvalue weighted by atomic mass is 16.5. The van der Waals surface area contributed by atoms with Crippen molar-refractivity contribution < 1.29 is 14.3 Å². The molecular formula is C15H20N2O3. The fourth-order valence-electron chi connectivity index (χ4n) is 2.56. The molecule has 20 heavy (non-hydrogen) atoms. The zero-order valence-corrected chi connectivity index (χ0v) is 12.3. The number of amides is 1. The van der Waals surface area contributed by atoms with E-state index in [1.165, 1.54) is 0 Å². The molecule has 0 bridgehead atoms. The number of hydrazone groups is 1. The van der Waals surface area contributed by atoms with Crippen LogP contribution in [0.25, 0.3) is 0 Å². The summed E-state index contributed by atoms with van der Waals surface area (Å²) in [5.74, 6) is 1.24. The molecule has 0 aliphatic carbocycles. The maximum Gasteiger partial charge on any atom is 0.252 e. The second-order valence-electron chi connectivity index (χ2n) is 5.05. The fourth-order valence-corrected chi connectivity index (χ4v) is 2.56. The average molecular weight is 276 g/mol. The van der Waals surface area contributed by atoms with Crippen LogP contribution in [0.5, 0.6) is 11.5 Å². The standard InChI is InChI=1S/C15H20N2O3/c1-5-8-15(2)13(16-17-14(15)18)10-6-7-11(19-3)12(9-10)20-4/h6-7,9H,5,8H2,1-4H3,(H,17,18). The average Bonchev–Trinajstić information content (AvgIpc) is 2.74. The number of carbonyl (C=O) groups is 1. The highest BCUT2D eigenvalue weighted by molar-refractivity contribution is 6.19. The maximum absolute atomic E-state index is 12.1. The summed E-state index contributed by atoms with van der Waals surface area (Å²) < 4.78 is 10.5. The van der Waals surface area contributed by atoms with Gasteiger partial charge in [0.15, 0.2) is 11.5 Å². The first-order valence-electron chi connectivity index (χ1n) is 6.67. The smallest absolute Gasteiger partial charge is 0.252 e. The zero-order valence-electron chi connectivity index (χ0n) is 12.3. The summed E-state index contributed by atoms with van der Waals surface area (Å²) in [5, 5.41) is 4.21. The Bertz CT molecular complexity index is 554. The third kappa shape index (κ3) is 2.24. The predicted molar refractivity (Wildman–Crippen MR) is 77.2 cm³/mol. The van der Waals surface area contributed by atoms with Gasteiger partial charge in [0.1, 0.15) is 0 Å².